The number of piperazine rings is 1. The zero-order chi connectivity index (χ0) is 19.6. The Kier molecular flexibility index (Phi) is 5.11. The van der Waals surface area contributed by atoms with Crippen LogP contribution in [0.5, 0.6) is 5.88 Å². The minimum absolute atomic E-state index is 0.0226. The van der Waals surface area contributed by atoms with Gasteiger partial charge in [0.15, 0.2) is 0 Å². The molecule has 1 N–H and O–H groups in total. The SMILES string of the molecule is COc1nc(N2CCN(C(=O)O)CC2)cc(-c2ccccc2)c1C(F)(F)F. The van der Waals surface area contributed by atoms with Gasteiger partial charge in [-0.2, -0.15) is 18.2 Å². The van der Waals surface area contributed by atoms with Gasteiger partial charge < -0.3 is 19.6 Å². The highest BCUT2D eigenvalue weighted by molar-refractivity contribution is 5.73. The summed E-state index contributed by atoms with van der Waals surface area (Å²) in [5.74, 6) is -0.178. The van der Waals surface area contributed by atoms with Crippen LogP contribution in [0.2, 0.25) is 0 Å². The van der Waals surface area contributed by atoms with E-state index >= 15 is 0 Å². The lowest BCUT2D eigenvalue weighted by atomic mass is 10.00. The quantitative estimate of drug-likeness (QED) is 0.881. The van der Waals surface area contributed by atoms with Crippen LogP contribution in [0.1, 0.15) is 5.56 Å². The molecule has 1 aliphatic heterocycles. The highest BCUT2D eigenvalue weighted by atomic mass is 19.4. The van der Waals surface area contributed by atoms with Crippen molar-refractivity contribution in [1.29, 1.82) is 0 Å². The fourth-order valence-electron chi connectivity index (χ4n) is 3.06. The number of carbonyl (C=O) groups is 1. The van der Waals surface area contributed by atoms with Gasteiger partial charge in [-0.3, -0.25) is 0 Å². The van der Waals surface area contributed by atoms with E-state index in [-0.39, 0.29) is 18.7 Å². The lowest BCUT2D eigenvalue weighted by Gasteiger charge is -2.34. The maximum atomic E-state index is 13.7. The summed E-state index contributed by atoms with van der Waals surface area (Å²) < 4.78 is 46.0. The van der Waals surface area contributed by atoms with Gasteiger partial charge in [0.2, 0.25) is 5.88 Å². The number of methoxy groups -OCH3 is 1. The minimum Gasteiger partial charge on any atom is -0.480 e. The van der Waals surface area contributed by atoms with E-state index in [4.69, 9.17) is 9.84 Å². The molecule has 0 saturated carbocycles. The van der Waals surface area contributed by atoms with Gasteiger partial charge >= 0.3 is 12.3 Å². The van der Waals surface area contributed by atoms with Crippen LogP contribution in [0.25, 0.3) is 11.1 Å². The normalized spacial score (nSPS) is 15.0. The second kappa shape index (κ2) is 7.34. The zero-order valence-electron chi connectivity index (χ0n) is 14.5. The van der Waals surface area contributed by atoms with Crippen molar-refractivity contribution in [1.82, 2.24) is 9.88 Å². The molecular formula is C18H18F3N3O3. The summed E-state index contributed by atoms with van der Waals surface area (Å²) >= 11 is 0. The predicted molar refractivity (Wildman–Crippen MR) is 93.0 cm³/mol. The smallest absolute Gasteiger partial charge is 0.422 e. The number of rotatable bonds is 3. The summed E-state index contributed by atoms with van der Waals surface area (Å²) in [6.07, 6.45) is -5.65. The standard InChI is InChI=1S/C18H18F3N3O3/c1-27-16-15(18(19,20)21)13(12-5-3-2-4-6-12)11-14(22-16)23-7-9-24(10-8-23)17(25)26/h2-6,11H,7-10H2,1H3,(H,25,26). The first-order valence-electron chi connectivity index (χ1n) is 8.25. The Labute approximate surface area is 153 Å². The molecular weight excluding hydrogens is 363 g/mol. The molecule has 1 amide bonds. The molecule has 3 rings (SSSR count). The monoisotopic (exact) mass is 381 g/mol. The molecule has 0 spiro atoms. The van der Waals surface area contributed by atoms with Crippen LogP contribution in [0.3, 0.4) is 0 Å². The number of aromatic nitrogens is 1. The van der Waals surface area contributed by atoms with Crippen molar-refractivity contribution in [2.24, 2.45) is 0 Å². The van der Waals surface area contributed by atoms with Crippen molar-refractivity contribution in [3.05, 3.63) is 42.0 Å². The van der Waals surface area contributed by atoms with Crippen molar-refractivity contribution in [3.63, 3.8) is 0 Å². The third-order valence-corrected chi connectivity index (χ3v) is 4.41. The van der Waals surface area contributed by atoms with Crippen molar-refractivity contribution in [2.75, 3.05) is 38.2 Å². The van der Waals surface area contributed by atoms with E-state index in [0.717, 1.165) is 7.11 Å². The molecule has 144 valence electrons. The summed E-state index contributed by atoms with van der Waals surface area (Å²) in [5.41, 5.74) is -0.550. The van der Waals surface area contributed by atoms with Crippen LogP contribution in [0.15, 0.2) is 36.4 Å². The fraction of sp³-hybridized carbons (Fsp3) is 0.333. The highest BCUT2D eigenvalue weighted by Crippen LogP contribution is 2.43. The molecule has 0 aliphatic carbocycles. The summed E-state index contributed by atoms with van der Waals surface area (Å²) in [7, 11) is 1.15. The van der Waals surface area contributed by atoms with E-state index in [1.54, 1.807) is 35.2 Å². The molecule has 2 aromatic rings. The summed E-state index contributed by atoms with van der Waals surface area (Å²) in [5, 5.41) is 9.04. The van der Waals surface area contributed by atoms with Crippen molar-refractivity contribution in [2.45, 2.75) is 6.18 Å². The summed E-state index contributed by atoms with van der Waals surface area (Å²) in [4.78, 5) is 18.1. The number of benzene rings is 1. The molecule has 1 aromatic heterocycles. The number of alkyl halides is 3. The maximum Gasteiger partial charge on any atom is 0.422 e. The number of nitrogens with zero attached hydrogens (tertiary/aromatic N) is 3. The van der Waals surface area contributed by atoms with Crippen LogP contribution < -0.4 is 9.64 Å². The number of hydrogen-bond acceptors (Lipinski definition) is 4. The van der Waals surface area contributed by atoms with Crippen molar-refractivity contribution < 1.29 is 27.8 Å². The van der Waals surface area contributed by atoms with E-state index in [1.165, 1.54) is 11.0 Å². The molecule has 1 fully saturated rings. The second-order valence-electron chi connectivity index (χ2n) is 6.03. The molecule has 2 heterocycles. The molecule has 0 unspecified atom stereocenters. The second-order valence-corrected chi connectivity index (χ2v) is 6.03. The Morgan fingerprint density at radius 1 is 1.15 bits per heavy atom. The van der Waals surface area contributed by atoms with Gasteiger partial charge in [-0.05, 0) is 11.6 Å². The molecule has 9 heteroatoms. The number of anilines is 1. The van der Waals surface area contributed by atoms with Gasteiger partial charge in [0.05, 0.1) is 7.11 Å². The van der Waals surface area contributed by atoms with Crippen LogP contribution in [-0.4, -0.2) is 54.4 Å². The van der Waals surface area contributed by atoms with E-state index in [9.17, 15) is 18.0 Å². The van der Waals surface area contributed by atoms with Gasteiger partial charge in [0.25, 0.3) is 0 Å². The average molecular weight is 381 g/mol. The number of halogens is 3. The van der Waals surface area contributed by atoms with E-state index in [0.29, 0.717) is 24.5 Å². The Morgan fingerprint density at radius 2 is 1.78 bits per heavy atom. The number of ether oxygens (including phenoxy) is 1. The Morgan fingerprint density at radius 3 is 2.30 bits per heavy atom. The Balaban J connectivity index is 2.06. The van der Waals surface area contributed by atoms with Gasteiger partial charge in [-0.15, -0.1) is 0 Å². The van der Waals surface area contributed by atoms with Crippen LogP contribution in [-0.2, 0) is 6.18 Å². The Hall–Kier alpha value is -2.97. The average Bonchev–Trinajstić information content (AvgIpc) is 2.67. The Bertz CT molecular complexity index is 820. The molecule has 0 radical (unpaired) electrons. The number of amides is 1. The topological polar surface area (TPSA) is 65.9 Å². The third kappa shape index (κ3) is 3.91. The van der Waals surface area contributed by atoms with Crippen molar-refractivity contribution in [3.8, 4) is 17.0 Å². The number of pyridine rings is 1. The van der Waals surface area contributed by atoms with E-state index < -0.39 is 23.7 Å². The zero-order valence-corrected chi connectivity index (χ0v) is 14.5. The molecule has 6 nitrogen and oxygen atoms in total. The minimum atomic E-state index is -4.63. The lowest BCUT2D eigenvalue weighted by molar-refractivity contribution is -0.138. The number of carboxylic acid groups (broad SMARTS) is 1. The van der Waals surface area contributed by atoms with Gasteiger partial charge in [0.1, 0.15) is 11.4 Å². The van der Waals surface area contributed by atoms with Crippen molar-refractivity contribution >= 4 is 11.9 Å². The first kappa shape index (κ1) is 18.8. The lowest BCUT2D eigenvalue weighted by Crippen LogP contribution is -2.48. The molecule has 0 atom stereocenters. The van der Waals surface area contributed by atoms with Gasteiger partial charge in [-0.25, -0.2) is 4.79 Å². The fourth-order valence-corrected chi connectivity index (χ4v) is 3.06. The first-order valence-corrected chi connectivity index (χ1v) is 8.25. The maximum absolute atomic E-state index is 13.7. The largest absolute Gasteiger partial charge is 0.480 e. The molecule has 1 saturated heterocycles. The molecule has 27 heavy (non-hydrogen) atoms. The van der Waals surface area contributed by atoms with Gasteiger partial charge in [0, 0.05) is 31.7 Å². The summed E-state index contributed by atoms with van der Waals surface area (Å²) in [6.45, 7) is 1.17. The third-order valence-electron chi connectivity index (χ3n) is 4.41. The van der Waals surface area contributed by atoms with Gasteiger partial charge in [-0.1, -0.05) is 30.3 Å². The first-order chi connectivity index (χ1) is 12.8. The van der Waals surface area contributed by atoms with E-state index in [2.05, 4.69) is 4.98 Å². The number of hydrogen-bond donors (Lipinski definition) is 1. The van der Waals surface area contributed by atoms with Crippen LogP contribution >= 0.6 is 0 Å². The highest BCUT2D eigenvalue weighted by Gasteiger charge is 2.39. The molecule has 0 bridgehead atoms. The predicted octanol–water partition coefficient (Wildman–Crippen LogP) is 3.58. The summed E-state index contributed by atoms with van der Waals surface area (Å²) in [6, 6.07) is 9.62. The van der Waals surface area contributed by atoms with E-state index in [1.807, 2.05) is 0 Å². The molecule has 1 aromatic carbocycles. The van der Waals surface area contributed by atoms with Crippen LogP contribution in [0.4, 0.5) is 23.8 Å². The molecule has 1 aliphatic rings. The van der Waals surface area contributed by atoms with Crippen LogP contribution in [0, 0.1) is 0 Å².